The van der Waals surface area contributed by atoms with Crippen LogP contribution in [0.3, 0.4) is 0 Å². The Morgan fingerprint density at radius 2 is 1.25 bits per heavy atom. The average molecular weight is 723 g/mol. The summed E-state index contributed by atoms with van der Waals surface area (Å²) in [7, 11) is 2.51. The van der Waals surface area contributed by atoms with Gasteiger partial charge >= 0.3 is 12.2 Å². The second kappa shape index (κ2) is 17.8. The molecule has 3 aromatic carbocycles. The number of amides is 4. The minimum absolute atomic E-state index is 0.147. The number of aromatic nitrogens is 4. The molecule has 0 saturated heterocycles. The lowest BCUT2D eigenvalue weighted by molar-refractivity contribution is -0.132. The van der Waals surface area contributed by atoms with E-state index in [4.69, 9.17) is 0 Å². The van der Waals surface area contributed by atoms with Gasteiger partial charge in [-0.2, -0.15) is 0 Å². The van der Waals surface area contributed by atoms with E-state index in [1.54, 1.807) is 22.2 Å². The molecule has 0 spiro atoms. The van der Waals surface area contributed by atoms with Gasteiger partial charge in [0.05, 0.1) is 50.6 Å². The quantitative estimate of drug-likeness (QED) is 0.101. The molecule has 0 fully saturated rings. The van der Waals surface area contributed by atoms with Crippen LogP contribution < -0.4 is 10.6 Å². The molecule has 5 rings (SSSR count). The summed E-state index contributed by atoms with van der Waals surface area (Å²) >= 11 is 0. The largest absolute Gasteiger partial charge is 0.453 e. The third-order valence-electron chi connectivity index (χ3n) is 8.88. The van der Waals surface area contributed by atoms with E-state index in [0.717, 1.165) is 57.3 Å². The highest BCUT2D eigenvalue weighted by Gasteiger charge is 2.24. The third-order valence-corrected chi connectivity index (χ3v) is 8.88. The van der Waals surface area contributed by atoms with Gasteiger partial charge in [0.2, 0.25) is 11.8 Å². The fourth-order valence-electron chi connectivity index (χ4n) is 6.04. The summed E-state index contributed by atoms with van der Waals surface area (Å²) in [4.78, 5) is 67.6. The fourth-order valence-corrected chi connectivity index (χ4v) is 6.04. The zero-order chi connectivity index (χ0) is 37.9. The molecule has 5 aromatic rings. The van der Waals surface area contributed by atoms with Crippen LogP contribution in [0.2, 0.25) is 0 Å². The van der Waals surface area contributed by atoms with Crippen molar-refractivity contribution in [1.29, 1.82) is 0 Å². The van der Waals surface area contributed by atoms with Crippen molar-refractivity contribution >= 4 is 34.8 Å². The smallest absolute Gasteiger partial charge is 0.407 e. The van der Waals surface area contributed by atoms with Crippen molar-refractivity contribution in [1.82, 2.24) is 40.4 Å². The maximum atomic E-state index is 12.9. The average Bonchev–Trinajstić information content (AvgIpc) is 3.88. The van der Waals surface area contributed by atoms with Crippen molar-refractivity contribution in [2.75, 3.05) is 40.4 Å². The molecule has 2 aromatic heterocycles. The summed E-state index contributed by atoms with van der Waals surface area (Å²) in [6.45, 7) is 6.93. The normalized spacial score (nSPS) is 11.5. The second-order valence-corrected chi connectivity index (χ2v) is 12.5. The van der Waals surface area contributed by atoms with Gasteiger partial charge in [-0.3, -0.25) is 9.59 Å². The van der Waals surface area contributed by atoms with E-state index in [9.17, 15) is 19.2 Å². The van der Waals surface area contributed by atoms with Crippen molar-refractivity contribution in [2.45, 2.75) is 46.2 Å². The number of nitrogens with zero attached hydrogens (tertiary/aromatic N) is 4. The molecule has 0 radical (unpaired) electrons. The van der Waals surface area contributed by atoms with Crippen molar-refractivity contribution in [3.05, 3.63) is 84.7 Å². The minimum atomic E-state index is -0.652. The van der Waals surface area contributed by atoms with Crippen LogP contribution in [0.15, 0.2) is 73.1 Å². The van der Waals surface area contributed by atoms with E-state index in [-0.39, 0.29) is 30.9 Å². The molecule has 4 N–H and O–H groups in total. The number of alkyl carbamates (subject to hydrolysis) is 2. The third kappa shape index (κ3) is 9.58. The van der Waals surface area contributed by atoms with Crippen LogP contribution in [0.25, 0.3) is 44.4 Å². The molecule has 53 heavy (non-hydrogen) atoms. The molecule has 1 atom stereocenters. The first-order valence-corrected chi connectivity index (χ1v) is 17.6. The Balaban J connectivity index is 1.25. The SMILES string of the molecule is CCCN(Cc1ncc(-c2ccc(-c3ccc4cc(-c5cnc(C(C)N(CCC)C(=O)CNC(=O)OC)[nH]5)ccc4c3)cc2)[nH]1)C(=O)CNC(=O)OC. The number of ether oxygens (including phenoxy) is 2. The topological polar surface area (TPSA) is 175 Å². The van der Waals surface area contributed by atoms with E-state index in [2.05, 4.69) is 82.5 Å². The highest BCUT2D eigenvalue weighted by atomic mass is 16.5. The van der Waals surface area contributed by atoms with E-state index in [1.807, 2.05) is 39.0 Å². The lowest BCUT2D eigenvalue weighted by Gasteiger charge is -2.27. The summed E-state index contributed by atoms with van der Waals surface area (Å²) in [5, 5.41) is 7.06. The van der Waals surface area contributed by atoms with E-state index >= 15 is 0 Å². The number of methoxy groups -OCH3 is 2. The lowest BCUT2D eigenvalue weighted by atomic mass is 9.98. The monoisotopic (exact) mass is 722 g/mol. The van der Waals surface area contributed by atoms with Crippen LogP contribution in [0.4, 0.5) is 9.59 Å². The van der Waals surface area contributed by atoms with Crippen LogP contribution in [-0.2, 0) is 25.6 Å². The lowest BCUT2D eigenvalue weighted by Crippen LogP contribution is -2.42. The van der Waals surface area contributed by atoms with E-state index < -0.39 is 12.2 Å². The van der Waals surface area contributed by atoms with Gasteiger partial charge in [-0.15, -0.1) is 0 Å². The Morgan fingerprint density at radius 3 is 1.89 bits per heavy atom. The minimum Gasteiger partial charge on any atom is -0.453 e. The summed E-state index contributed by atoms with van der Waals surface area (Å²) in [5.41, 5.74) is 5.76. The summed E-state index contributed by atoms with van der Waals surface area (Å²) < 4.78 is 9.15. The van der Waals surface area contributed by atoms with Crippen molar-refractivity contribution in [3.8, 4) is 33.6 Å². The molecule has 0 aliphatic rings. The van der Waals surface area contributed by atoms with E-state index in [0.29, 0.717) is 31.3 Å². The number of fused-ring (bicyclic) bond motifs is 1. The summed E-state index contributed by atoms with van der Waals surface area (Å²) in [6.07, 6.45) is 3.76. The maximum absolute atomic E-state index is 12.9. The van der Waals surface area contributed by atoms with E-state index in [1.165, 1.54) is 14.2 Å². The van der Waals surface area contributed by atoms with Crippen LogP contribution in [0.1, 0.15) is 51.3 Å². The highest BCUT2D eigenvalue weighted by molar-refractivity contribution is 5.90. The van der Waals surface area contributed by atoms with Gasteiger partial charge in [-0.05, 0) is 59.4 Å². The zero-order valence-electron chi connectivity index (χ0n) is 30.7. The molecule has 278 valence electrons. The van der Waals surface area contributed by atoms with Gasteiger partial charge in [-0.1, -0.05) is 62.4 Å². The Morgan fingerprint density at radius 1 is 0.698 bits per heavy atom. The number of nitrogens with one attached hydrogen (secondary N) is 4. The first kappa shape index (κ1) is 38.1. The first-order valence-electron chi connectivity index (χ1n) is 17.6. The molecule has 14 nitrogen and oxygen atoms in total. The van der Waals surface area contributed by atoms with Gasteiger partial charge in [-0.25, -0.2) is 19.6 Å². The van der Waals surface area contributed by atoms with Gasteiger partial charge < -0.3 is 39.9 Å². The number of hydrogen-bond donors (Lipinski definition) is 4. The summed E-state index contributed by atoms with van der Waals surface area (Å²) in [5.74, 6) is 0.867. The first-order chi connectivity index (χ1) is 25.6. The number of H-pyrrole nitrogens is 2. The number of hydrogen-bond acceptors (Lipinski definition) is 8. The number of carbonyl (C=O) groups is 4. The number of aromatic amines is 2. The molecule has 4 amide bonds. The molecule has 0 aliphatic carbocycles. The van der Waals surface area contributed by atoms with Crippen molar-refractivity contribution in [3.63, 3.8) is 0 Å². The Labute approximate surface area is 308 Å². The Bertz CT molecular complexity index is 2040. The molecular weight excluding hydrogens is 676 g/mol. The molecular formula is C39H46N8O6. The number of benzene rings is 3. The van der Waals surface area contributed by atoms with Gasteiger partial charge in [0.25, 0.3) is 0 Å². The van der Waals surface area contributed by atoms with Crippen LogP contribution in [0.5, 0.6) is 0 Å². The molecule has 2 heterocycles. The van der Waals surface area contributed by atoms with Crippen molar-refractivity contribution in [2.24, 2.45) is 0 Å². The molecule has 14 heteroatoms. The molecule has 1 unspecified atom stereocenters. The molecule has 0 bridgehead atoms. The van der Waals surface area contributed by atoms with Crippen LogP contribution in [0, 0.1) is 0 Å². The second-order valence-electron chi connectivity index (χ2n) is 12.5. The van der Waals surface area contributed by atoms with Crippen LogP contribution >= 0.6 is 0 Å². The van der Waals surface area contributed by atoms with Gasteiger partial charge in [0.1, 0.15) is 24.7 Å². The molecule has 0 saturated carbocycles. The standard InChI is InChI=1S/C39H46N8O6/c1-6-16-46(35(48)22-42-38(50)52-4)24-34-40-20-32(44-34)27-10-8-26(9-11-27)28-12-13-30-19-31(15-14-29(30)18-28)33-21-41-37(45-33)25(3)47(17-7-2)36(49)23-43-39(51)53-5/h8-15,18-21,25H,6-7,16-17,22-24H2,1-5H3,(H,40,44)(H,41,45)(H,42,50)(H,43,51). The summed E-state index contributed by atoms with van der Waals surface area (Å²) in [6, 6.07) is 20.5. The molecule has 0 aliphatic heterocycles. The van der Waals surface area contributed by atoms with Crippen molar-refractivity contribution < 1.29 is 28.7 Å². The number of rotatable bonds is 15. The Kier molecular flexibility index (Phi) is 12.8. The number of imidazole rings is 2. The predicted octanol–water partition coefficient (Wildman–Crippen LogP) is 6.04. The van der Waals surface area contributed by atoms with Gasteiger partial charge in [0, 0.05) is 18.7 Å². The predicted molar refractivity (Wildman–Crippen MR) is 201 cm³/mol. The highest BCUT2D eigenvalue weighted by Crippen LogP contribution is 2.30. The maximum Gasteiger partial charge on any atom is 0.407 e. The zero-order valence-corrected chi connectivity index (χ0v) is 30.7. The number of carbonyl (C=O) groups excluding carboxylic acids is 4. The fraction of sp³-hybridized carbons (Fsp3) is 0.333. The Hall–Kier alpha value is -6.18. The van der Waals surface area contributed by atoms with Crippen LogP contribution in [-0.4, -0.2) is 94.1 Å². The van der Waals surface area contributed by atoms with Gasteiger partial charge in [0.15, 0.2) is 0 Å².